The van der Waals surface area contributed by atoms with E-state index in [-0.39, 0.29) is 24.4 Å². The summed E-state index contributed by atoms with van der Waals surface area (Å²) in [6, 6.07) is 36.2. The maximum absolute atomic E-state index is 13.6. The maximum Gasteiger partial charge on any atom is 0.249 e. The van der Waals surface area contributed by atoms with Crippen molar-refractivity contribution in [1.82, 2.24) is 4.90 Å². The number of hydrogen-bond acceptors (Lipinski definition) is 3. The van der Waals surface area contributed by atoms with Crippen LogP contribution in [0.15, 0.2) is 109 Å². The van der Waals surface area contributed by atoms with Crippen molar-refractivity contribution in [3.8, 4) is 0 Å². The highest BCUT2D eigenvalue weighted by Gasteiger charge is 2.25. The Morgan fingerprint density at radius 1 is 0.763 bits per heavy atom. The highest BCUT2D eigenvalue weighted by Crippen LogP contribution is 2.26. The van der Waals surface area contributed by atoms with Crippen LogP contribution in [-0.4, -0.2) is 29.2 Å². The van der Waals surface area contributed by atoms with Crippen LogP contribution in [0.3, 0.4) is 0 Å². The lowest BCUT2D eigenvalue weighted by Crippen LogP contribution is -2.39. The second-order valence-corrected chi connectivity index (χ2v) is 9.95. The molecule has 4 aromatic rings. The first-order valence-corrected chi connectivity index (χ1v) is 13.3. The molecule has 0 heterocycles. The average Bonchev–Trinajstić information content (AvgIpc) is 2.95. The monoisotopic (exact) mass is 504 g/mol. The zero-order valence-electron chi connectivity index (χ0n) is 22.2. The topological polar surface area (TPSA) is 63.4 Å². The van der Waals surface area contributed by atoms with Crippen LogP contribution in [0.2, 0.25) is 0 Å². The molecule has 0 radical (unpaired) electrons. The number of nitrogens with two attached hydrogens (primary N) is 1. The van der Waals surface area contributed by atoms with Gasteiger partial charge in [0.05, 0.1) is 6.54 Å². The minimum atomic E-state index is -0.517. The lowest BCUT2D eigenvalue weighted by Gasteiger charge is -2.34. The van der Waals surface area contributed by atoms with Crippen LogP contribution in [0.4, 0.5) is 0 Å². The lowest BCUT2D eigenvalue weighted by atomic mass is 9.95. The maximum atomic E-state index is 13.6. The molecule has 38 heavy (non-hydrogen) atoms. The van der Waals surface area contributed by atoms with Crippen molar-refractivity contribution in [1.29, 1.82) is 0 Å². The summed E-state index contributed by atoms with van der Waals surface area (Å²) in [4.78, 5) is 28.2. The average molecular weight is 505 g/mol. The fourth-order valence-corrected chi connectivity index (χ4v) is 4.99. The molecular weight excluding hydrogens is 468 g/mol. The van der Waals surface area contributed by atoms with Gasteiger partial charge in [-0.1, -0.05) is 103 Å². The summed E-state index contributed by atoms with van der Waals surface area (Å²) in [5.74, 6) is -0.538. The van der Waals surface area contributed by atoms with Gasteiger partial charge in [0.1, 0.15) is 0 Å². The second-order valence-electron chi connectivity index (χ2n) is 9.95. The largest absolute Gasteiger partial charge is 0.366 e. The number of amides is 1. The van der Waals surface area contributed by atoms with Crippen molar-refractivity contribution in [3.63, 3.8) is 0 Å². The van der Waals surface area contributed by atoms with E-state index < -0.39 is 5.91 Å². The van der Waals surface area contributed by atoms with Crippen molar-refractivity contribution in [2.24, 2.45) is 5.73 Å². The van der Waals surface area contributed by atoms with E-state index in [1.807, 2.05) is 66.7 Å². The van der Waals surface area contributed by atoms with Crippen molar-refractivity contribution < 1.29 is 9.59 Å². The number of Topliss-reactive ketones (excluding diaryl/α,β-unsaturated/α-hetero) is 1. The van der Waals surface area contributed by atoms with Crippen molar-refractivity contribution in [2.45, 2.75) is 45.2 Å². The third kappa shape index (κ3) is 7.05. The predicted octanol–water partition coefficient (Wildman–Crippen LogP) is 6.64. The molecule has 0 aromatic heterocycles. The first-order valence-electron chi connectivity index (χ1n) is 13.3. The molecule has 0 spiro atoms. The number of primary amides is 1. The molecule has 4 nitrogen and oxygen atoms in total. The molecule has 0 bridgehead atoms. The first-order chi connectivity index (χ1) is 18.4. The van der Waals surface area contributed by atoms with Crippen molar-refractivity contribution >= 4 is 11.7 Å². The van der Waals surface area contributed by atoms with Gasteiger partial charge in [-0.2, -0.15) is 0 Å². The van der Waals surface area contributed by atoms with E-state index in [1.165, 1.54) is 11.1 Å². The Bertz CT molecular complexity index is 1340. The molecule has 1 amide bonds. The fourth-order valence-electron chi connectivity index (χ4n) is 4.99. The Kier molecular flexibility index (Phi) is 9.23. The van der Waals surface area contributed by atoms with Gasteiger partial charge in [-0.15, -0.1) is 0 Å². The summed E-state index contributed by atoms with van der Waals surface area (Å²) >= 11 is 0. The molecule has 4 heteroatoms. The summed E-state index contributed by atoms with van der Waals surface area (Å²) in [7, 11) is 0. The number of ketones is 1. The van der Waals surface area contributed by atoms with Gasteiger partial charge >= 0.3 is 0 Å². The SMILES string of the molecule is CC(c1ccccc1)N(CC(=O)c1ccc(Cc2ccccc2)c(C(N)=O)c1)[C@H](C)CCc1ccccc1. The Balaban J connectivity index is 1.56. The van der Waals surface area contributed by atoms with Crippen LogP contribution >= 0.6 is 0 Å². The van der Waals surface area contributed by atoms with Crippen LogP contribution in [0.1, 0.15) is 69.3 Å². The zero-order chi connectivity index (χ0) is 26.9. The molecule has 2 atom stereocenters. The van der Waals surface area contributed by atoms with E-state index >= 15 is 0 Å². The molecule has 2 N–H and O–H groups in total. The van der Waals surface area contributed by atoms with Crippen LogP contribution in [0, 0.1) is 0 Å². The number of hydrogen-bond donors (Lipinski definition) is 1. The molecule has 0 saturated heterocycles. The standard InChI is InChI=1S/C34H36N2O2/c1-25(18-19-27-12-6-3-7-13-27)36(26(2)29-16-10-5-11-17-29)24-33(37)31-21-20-30(32(23-31)34(35)38)22-28-14-8-4-9-15-28/h3-17,20-21,23,25-26H,18-19,22,24H2,1-2H3,(H2,35,38)/t25-,26?/m1/s1. The van der Waals surface area contributed by atoms with Gasteiger partial charge in [-0.3, -0.25) is 14.5 Å². The lowest BCUT2D eigenvalue weighted by molar-refractivity contribution is 0.0830. The predicted molar refractivity (Wildman–Crippen MR) is 154 cm³/mol. The van der Waals surface area contributed by atoms with E-state index in [1.54, 1.807) is 6.07 Å². The van der Waals surface area contributed by atoms with Gasteiger partial charge in [0.2, 0.25) is 5.91 Å². The highest BCUT2D eigenvalue weighted by molar-refractivity contribution is 6.01. The molecule has 0 aliphatic rings. The van der Waals surface area contributed by atoms with Crippen LogP contribution in [0.5, 0.6) is 0 Å². The fraction of sp³-hybridized carbons (Fsp3) is 0.235. The third-order valence-corrected chi connectivity index (χ3v) is 7.30. The van der Waals surface area contributed by atoms with Crippen LogP contribution in [-0.2, 0) is 12.8 Å². The Morgan fingerprint density at radius 2 is 1.34 bits per heavy atom. The Hall–Kier alpha value is -4.02. The van der Waals surface area contributed by atoms with E-state index in [4.69, 9.17) is 5.73 Å². The van der Waals surface area contributed by atoms with Crippen LogP contribution < -0.4 is 5.73 Å². The number of nitrogens with zero attached hydrogens (tertiary/aromatic N) is 1. The second kappa shape index (κ2) is 13.0. The normalized spacial score (nSPS) is 12.7. The number of carbonyl (C=O) groups excluding carboxylic acids is 2. The zero-order valence-corrected chi connectivity index (χ0v) is 22.2. The molecule has 0 saturated carbocycles. The van der Waals surface area contributed by atoms with E-state index in [0.29, 0.717) is 17.5 Å². The smallest absolute Gasteiger partial charge is 0.249 e. The van der Waals surface area contributed by atoms with E-state index in [9.17, 15) is 9.59 Å². The summed E-state index contributed by atoms with van der Waals surface area (Å²) in [5.41, 5.74) is 11.0. The molecule has 4 aromatic carbocycles. The number of carbonyl (C=O) groups is 2. The third-order valence-electron chi connectivity index (χ3n) is 7.30. The van der Waals surface area contributed by atoms with Gasteiger partial charge in [0, 0.05) is 23.2 Å². The number of rotatable bonds is 12. The summed E-state index contributed by atoms with van der Waals surface area (Å²) in [6.45, 7) is 4.59. The molecule has 1 unspecified atom stereocenters. The Morgan fingerprint density at radius 3 is 1.95 bits per heavy atom. The Labute approximate surface area is 226 Å². The van der Waals surface area contributed by atoms with Gasteiger partial charge in [-0.05, 0) is 61.4 Å². The van der Waals surface area contributed by atoms with Gasteiger partial charge in [0.15, 0.2) is 5.78 Å². The quantitative estimate of drug-likeness (QED) is 0.220. The van der Waals surface area contributed by atoms with E-state index in [2.05, 4.69) is 55.1 Å². The molecule has 0 aliphatic carbocycles. The summed E-state index contributed by atoms with van der Waals surface area (Å²) in [5, 5.41) is 0. The van der Waals surface area contributed by atoms with Gasteiger partial charge in [-0.25, -0.2) is 0 Å². The summed E-state index contributed by atoms with van der Waals surface area (Å²) in [6.07, 6.45) is 2.45. The summed E-state index contributed by atoms with van der Waals surface area (Å²) < 4.78 is 0. The van der Waals surface area contributed by atoms with Gasteiger partial charge < -0.3 is 5.73 Å². The highest BCUT2D eigenvalue weighted by atomic mass is 16.1. The van der Waals surface area contributed by atoms with Crippen LogP contribution in [0.25, 0.3) is 0 Å². The number of benzene rings is 4. The molecular formula is C34H36N2O2. The van der Waals surface area contributed by atoms with Crippen molar-refractivity contribution in [2.75, 3.05) is 6.54 Å². The van der Waals surface area contributed by atoms with E-state index in [0.717, 1.165) is 24.0 Å². The molecule has 0 aliphatic heterocycles. The first kappa shape index (κ1) is 27.0. The minimum absolute atomic E-state index is 0.0203. The van der Waals surface area contributed by atoms with Gasteiger partial charge in [0.25, 0.3) is 0 Å². The minimum Gasteiger partial charge on any atom is -0.366 e. The van der Waals surface area contributed by atoms with Crippen molar-refractivity contribution in [3.05, 3.63) is 143 Å². The molecule has 194 valence electrons. The molecule has 4 rings (SSSR count). The number of aryl methyl sites for hydroxylation is 1. The molecule has 0 fully saturated rings.